The van der Waals surface area contributed by atoms with Crippen LogP contribution in [0.3, 0.4) is 0 Å². The minimum absolute atomic E-state index is 0.433. The van der Waals surface area contributed by atoms with Gasteiger partial charge in [-0.3, -0.25) is 5.32 Å². The summed E-state index contributed by atoms with van der Waals surface area (Å²) in [5.41, 5.74) is 1.77. The molecule has 2 heterocycles. The molecule has 10 heteroatoms. The molecular formula is C23H24ClN7O2. The molecule has 1 aliphatic heterocycles. The molecule has 4 rings (SSSR count). The minimum atomic E-state index is 0.433. The highest BCUT2D eigenvalue weighted by atomic mass is 35.5. The molecule has 1 N–H and O–H groups in total. The molecule has 9 nitrogen and oxygen atoms in total. The van der Waals surface area contributed by atoms with E-state index in [2.05, 4.69) is 30.1 Å². The van der Waals surface area contributed by atoms with Gasteiger partial charge in [-0.2, -0.15) is 5.26 Å². The number of nitrogens with zero attached hydrogens (tertiary/aromatic N) is 6. The summed E-state index contributed by atoms with van der Waals surface area (Å²) >= 11 is 6.06. The van der Waals surface area contributed by atoms with Gasteiger partial charge in [0.1, 0.15) is 12.1 Å². The highest BCUT2D eigenvalue weighted by Crippen LogP contribution is 2.34. The van der Waals surface area contributed by atoms with Crippen LogP contribution in [0.4, 0.5) is 5.82 Å². The highest BCUT2D eigenvalue weighted by Gasteiger charge is 2.23. The lowest BCUT2D eigenvalue weighted by Gasteiger charge is -2.36. The van der Waals surface area contributed by atoms with Crippen LogP contribution in [0.2, 0.25) is 5.02 Å². The summed E-state index contributed by atoms with van der Waals surface area (Å²) in [6.07, 6.45) is 3.56. The van der Waals surface area contributed by atoms with Gasteiger partial charge in [0.05, 0.1) is 26.3 Å². The summed E-state index contributed by atoms with van der Waals surface area (Å²) in [6.45, 7) is 3.22. The Labute approximate surface area is 197 Å². The maximum absolute atomic E-state index is 9.21. The van der Waals surface area contributed by atoms with E-state index in [1.54, 1.807) is 20.5 Å². The average molecular weight is 466 g/mol. The van der Waals surface area contributed by atoms with Gasteiger partial charge in [-0.15, -0.1) is 0 Å². The Morgan fingerprint density at radius 1 is 1.12 bits per heavy atom. The normalized spacial score (nSPS) is 14.2. The predicted octanol–water partition coefficient (Wildman–Crippen LogP) is 3.05. The van der Waals surface area contributed by atoms with Gasteiger partial charge in [-0.05, 0) is 23.8 Å². The Bertz CT molecular complexity index is 1200. The molecule has 3 aromatic rings. The summed E-state index contributed by atoms with van der Waals surface area (Å²) in [6, 6.07) is 11.3. The van der Waals surface area contributed by atoms with Crippen LogP contribution in [0, 0.1) is 11.5 Å². The first-order valence-corrected chi connectivity index (χ1v) is 10.8. The van der Waals surface area contributed by atoms with Crippen LogP contribution in [0.25, 0.3) is 10.9 Å². The number of hydrogen-bond acceptors (Lipinski definition) is 7. The van der Waals surface area contributed by atoms with Crippen LogP contribution >= 0.6 is 11.6 Å². The van der Waals surface area contributed by atoms with Crippen LogP contribution in [0.15, 0.2) is 47.7 Å². The van der Waals surface area contributed by atoms with Crippen molar-refractivity contribution in [1.29, 1.82) is 5.26 Å². The number of guanidine groups is 1. The number of fused-ring (bicyclic) bond motifs is 1. The van der Waals surface area contributed by atoms with E-state index < -0.39 is 0 Å². The van der Waals surface area contributed by atoms with Crippen molar-refractivity contribution in [3.05, 3.63) is 53.3 Å². The van der Waals surface area contributed by atoms with E-state index >= 15 is 0 Å². The van der Waals surface area contributed by atoms with Crippen molar-refractivity contribution >= 4 is 34.3 Å². The lowest BCUT2D eigenvalue weighted by Crippen LogP contribution is -2.52. The summed E-state index contributed by atoms with van der Waals surface area (Å²) in [7, 11) is 3.21. The fourth-order valence-electron chi connectivity index (χ4n) is 3.82. The molecule has 1 aliphatic rings. The van der Waals surface area contributed by atoms with E-state index in [0.29, 0.717) is 55.2 Å². The van der Waals surface area contributed by atoms with Gasteiger partial charge in [-0.1, -0.05) is 23.7 Å². The quantitative estimate of drug-likeness (QED) is 0.265. The molecule has 33 heavy (non-hydrogen) atoms. The van der Waals surface area contributed by atoms with Crippen molar-refractivity contribution in [2.45, 2.75) is 6.54 Å². The second-order valence-corrected chi connectivity index (χ2v) is 7.84. The lowest BCUT2D eigenvalue weighted by atomic mass is 10.2. The minimum Gasteiger partial charge on any atom is -0.493 e. The molecule has 0 aliphatic carbocycles. The third kappa shape index (κ3) is 5.02. The zero-order chi connectivity index (χ0) is 23.2. The number of methoxy groups -OCH3 is 2. The van der Waals surface area contributed by atoms with Crippen molar-refractivity contribution in [2.24, 2.45) is 4.99 Å². The van der Waals surface area contributed by atoms with Gasteiger partial charge in [0.15, 0.2) is 17.7 Å². The van der Waals surface area contributed by atoms with Gasteiger partial charge in [0, 0.05) is 42.7 Å². The standard InChI is InChI=1S/C23H24ClN7O2/c1-32-20-11-18-19(12-21(20)33-2)28-15-29-22(18)30-6-8-31(9-7-30)23(27-14-25)26-13-16-4-3-5-17(24)10-16/h3-5,10-12,15H,6-9,13H2,1-2H3,(H,26,27). The van der Waals surface area contributed by atoms with Crippen LogP contribution < -0.4 is 19.7 Å². The second-order valence-electron chi connectivity index (χ2n) is 7.40. The average Bonchev–Trinajstić information content (AvgIpc) is 2.85. The number of nitrogens with one attached hydrogen (secondary N) is 1. The second kappa shape index (κ2) is 10.2. The van der Waals surface area contributed by atoms with E-state index in [9.17, 15) is 5.26 Å². The van der Waals surface area contributed by atoms with Crippen molar-refractivity contribution in [3.8, 4) is 17.7 Å². The van der Waals surface area contributed by atoms with Crippen LogP contribution in [0.1, 0.15) is 5.56 Å². The number of hydrogen-bond donors (Lipinski definition) is 1. The molecule has 0 radical (unpaired) electrons. The third-order valence-corrected chi connectivity index (χ3v) is 5.70. The number of ether oxygens (including phenoxy) is 2. The Hall–Kier alpha value is -3.77. The zero-order valence-electron chi connectivity index (χ0n) is 18.5. The number of aliphatic imine (C=N–C) groups is 1. The Morgan fingerprint density at radius 2 is 1.88 bits per heavy atom. The van der Waals surface area contributed by atoms with Crippen molar-refractivity contribution in [1.82, 2.24) is 20.2 Å². The molecule has 0 unspecified atom stereocenters. The highest BCUT2D eigenvalue weighted by molar-refractivity contribution is 6.30. The van der Waals surface area contributed by atoms with E-state index in [4.69, 9.17) is 21.1 Å². The van der Waals surface area contributed by atoms with Gasteiger partial charge in [0.2, 0.25) is 5.96 Å². The van der Waals surface area contributed by atoms with Gasteiger partial charge in [0.25, 0.3) is 0 Å². The maximum Gasteiger partial charge on any atom is 0.207 e. The Balaban J connectivity index is 1.51. The maximum atomic E-state index is 9.21. The lowest BCUT2D eigenvalue weighted by molar-refractivity contribution is 0.355. The smallest absolute Gasteiger partial charge is 0.207 e. The topological polar surface area (TPSA) is 98.9 Å². The molecule has 1 saturated heterocycles. The molecule has 170 valence electrons. The molecule has 0 bridgehead atoms. The summed E-state index contributed by atoms with van der Waals surface area (Å²) in [5.74, 6) is 2.65. The third-order valence-electron chi connectivity index (χ3n) is 5.47. The summed E-state index contributed by atoms with van der Waals surface area (Å²) in [5, 5.41) is 13.5. The molecule has 2 aromatic carbocycles. The first-order chi connectivity index (χ1) is 16.1. The van der Waals surface area contributed by atoms with E-state index in [-0.39, 0.29) is 0 Å². The molecule has 0 saturated carbocycles. The number of halogens is 1. The van der Waals surface area contributed by atoms with Gasteiger partial charge >= 0.3 is 0 Å². The van der Waals surface area contributed by atoms with E-state index in [0.717, 1.165) is 22.3 Å². The number of benzene rings is 2. The number of piperazine rings is 1. The fraction of sp³-hybridized carbons (Fsp3) is 0.304. The van der Waals surface area contributed by atoms with Crippen molar-refractivity contribution in [3.63, 3.8) is 0 Å². The van der Waals surface area contributed by atoms with Gasteiger partial charge in [-0.25, -0.2) is 15.0 Å². The molecule has 1 fully saturated rings. The molecule has 0 spiro atoms. The van der Waals surface area contributed by atoms with E-state index in [1.165, 1.54) is 0 Å². The first-order valence-electron chi connectivity index (χ1n) is 10.4. The van der Waals surface area contributed by atoms with E-state index in [1.807, 2.05) is 42.6 Å². The zero-order valence-corrected chi connectivity index (χ0v) is 19.2. The SMILES string of the molecule is COc1cc2ncnc(N3CCN(C(=NCc4cccc(Cl)c4)NC#N)CC3)c2cc1OC. The Kier molecular flexibility index (Phi) is 6.95. The van der Waals surface area contributed by atoms with Crippen molar-refractivity contribution < 1.29 is 9.47 Å². The van der Waals surface area contributed by atoms with Crippen LogP contribution in [-0.4, -0.2) is 61.2 Å². The molecule has 0 atom stereocenters. The number of aromatic nitrogens is 2. The molecule has 0 amide bonds. The molecule has 1 aromatic heterocycles. The first kappa shape index (κ1) is 22.4. The monoisotopic (exact) mass is 465 g/mol. The number of nitriles is 1. The van der Waals surface area contributed by atoms with Crippen molar-refractivity contribution in [2.75, 3.05) is 45.3 Å². The number of rotatable bonds is 5. The summed E-state index contributed by atoms with van der Waals surface area (Å²) in [4.78, 5) is 17.8. The van der Waals surface area contributed by atoms with Crippen LogP contribution in [-0.2, 0) is 6.54 Å². The summed E-state index contributed by atoms with van der Waals surface area (Å²) < 4.78 is 10.9. The molecular weight excluding hydrogens is 442 g/mol. The van der Waals surface area contributed by atoms with Crippen LogP contribution in [0.5, 0.6) is 11.5 Å². The largest absolute Gasteiger partial charge is 0.493 e. The fourth-order valence-corrected chi connectivity index (χ4v) is 4.03. The predicted molar refractivity (Wildman–Crippen MR) is 128 cm³/mol. The van der Waals surface area contributed by atoms with Gasteiger partial charge < -0.3 is 19.3 Å². The number of anilines is 1. The Morgan fingerprint density at radius 3 is 2.58 bits per heavy atom.